The second kappa shape index (κ2) is 4.69. The molecular formula is C4H5ClF6. The zero-order valence-corrected chi connectivity index (χ0v) is 6.11. The Labute approximate surface area is 64.1 Å². The first-order chi connectivity index (χ1) is 4.56. The maximum absolute atomic E-state index is 10.8. The third-order valence-corrected chi connectivity index (χ3v) is 0.152. The van der Waals surface area contributed by atoms with Crippen molar-refractivity contribution >= 4 is 11.6 Å². The van der Waals surface area contributed by atoms with Crippen molar-refractivity contribution < 1.29 is 26.3 Å². The van der Waals surface area contributed by atoms with E-state index in [4.69, 9.17) is 0 Å². The molecule has 11 heavy (non-hydrogen) atoms. The van der Waals surface area contributed by atoms with Gasteiger partial charge >= 0.3 is 11.6 Å². The van der Waals surface area contributed by atoms with Crippen LogP contribution < -0.4 is 0 Å². The molecule has 0 aliphatic heterocycles. The highest BCUT2D eigenvalue weighted by atomic mass is 35.5. The zero-order chi connectivity index (χ0) is 9.71. The van der Waals surface area contributed by atoms with E-state index in [9.17, 15) is 26.3 Å². The highest BCUT2D eigenvalue weighted by molar-refractivity contribution is 6.21. The number of alkyl halides is 7. The fourth-order valence-corrected chi connectivity index (χ4v) is 0. The van der Waals surface area contributed by atoms with Gasteiger partial charge in [-0.2, -0.15) is 22.0 Å². The van der Waals surface area contributed by atoms with Crippen LogP contribution >= 0.6 is 11.6 Å². The lowest BCUT2D eigenvalue weighted by molar-refractivity contribution is -0.142. The maximum Gasteiger partial charge on any atom is 0.416 e. The van der Waals surface area contributed by atoms with Crippen molar-refractivity contribution in [1.29, 1.82) is 0 Å². The van der Waals surface area contributed by atoms with Crippen LogP contribution in [-0.4, -0.2) is 18.2 Å². The van der Waals surface area contributed by atoms with Gasteiger partial charge in [-0.05, 0) is 11.6 Å². The standard InChI is InChI=1S/C2H3ClF2.C2H2F4/c1-2(3,4)5;3-1-2(4,5)6/h1H3;1H2. The molecule has 0 aliphatic carbocycles. The van der Waals surface area contributed by atoms with Crippen molar-refractivity contribution in [2.75, 3.05) is 6.67 Å². The van der Waals surface area contributed by atoms with E-state index in [2.05, 4.69) is 11.6 Å². The van der Waals surface area contributed by atoms with Crippen molar-refractivity contribution in [2.24, 2.45) is 0 Å². The first-order valence-corrected chi connectivity index (χ1v) is 2.63. The lowest BCUT2D eigenvalue weighted by atomic mass is 10.8. The largest absolute Gasteiger partial charge is 0.416 e. The van der Waals surface area contributed by atoms with Crippen LogP contribution in [-0.2, 0) is 0 Å². The molecule has 0 aromatic carbocycles. The first-order valence-electron chi connectivity index (χ1n) is 2.25. The second-order valence-electron chi connectivity index (χ2n) is 1.53. The van der Waals surface area contributed by atoms with E-state index >= 15 is 0 Å². The highest BCUT2D eigenvalue weighted by Crippen LogP contribution is 2.15. The summed E-state index contributed by atoms with van der Waals surface area (Å²) in [6, 6.07) is 0. The van der Waals surface area contributed by atoms with Gasteiger partial charge in [0.05, 0.1) is 0 Å². The van der Waals surface area contributed by atoms with E-state index < -0.39 is 18.2 Å². The molecule has 0 aromatic heterocycles. The minimum Gasteiger partial charge on any atom is -0.241 e. The smallest absolute Gasteiger partial charge is 0.241 e. The van der Waals surface area contributed by atoms with E-state index in [0.717, 1.165) is 0 Å². The normalized spacial score (nSPS) is 12.0. The lowest BCUT2D eigenvalue weighted by Gasteiger charge is -1.93. The predicted octanol–water partition coefficient (Wildman–Crippen LogP) is 3.36. The first kappa shape index (κ1) is 13.5. The molecule has 0 aromatic rings. The number of hydrogen-bond acceptors (Lipinski definition) is 0. The lowest BCUT2D eigenvalue weighted by Crippen LogP contribution is -2.08. The summed E-state index contributed by atoms with van der Waals surface area (Å²) >= 11 is 4.20. The van der Waals surface area contributed by atoms with Crippen molar-refractivity contribution in [1.82, 2.24) is 0 Å². The molecule has 0 aliphatic rings. The molecule has 0 amide bonds. The third kappa shape index (κ3) is 74.2. The van der Waals surface area contributed by atoms with E-state index in [1.165, 1.54) is 0 Å². The molecule has 0 fully saturated rings. The minimum atomic E-state index is -4.62. The van der Waals surface area contributed by atoms with Gasteiger partial charge in [0.1, 0.15) is 0 Å². The molecular weight excluding hydrogens is 197 g/mol. The summed E-state index contributed by atoms with van der Waals surface area (Å²) in [6.45, 7) is -1.61. The van der Waals surface area contributed by atoms with Gasteiger partial charge in [-0.3, -0.25) is 0 Å². The monoisotopic (exact) mass is 202 g/mol. The van der Waals surface area contributed by atoms with Gasteiger partial charge in [0.15, 0.2) is 6.67 Å². The summed E-state index contributed by atoms with van der Waals surface area (Å²) in [5.74, 6) is 0. The Bertz CT molecular complexity index is 85.7. The topological polar surface area (TPSA) is 0 Å². The van der Waals surface area contributed by atoms with E-state index in [-0.39, 0.29) is 0 Å². The molecule has 0 N–H and O–H groups in total. The summed E-state index contributed by atoms with van der Waals surface area (Å²) in [5.41, 5.74) is 0. The third-order valence-electron chi connectivity index (χ3n) is 0.152. The van der Waals surface area contributed by atoms with Gasteiger partial charge in [-0.15, -0.1) is 0 Å². The van der Waals surface area contributed by atoms with Crippen molar-refractivity contribution in [2.45, 2.75) is 18.5 Å². The average molecular weight is 203 g/mol. The summed E-state index contributed by atoms with van der Waals surface area (Å²) in [5, 5.41) is -3.03. The minimum absolute atomic E-state index is 0.620. The molecule has 0 bridgehead atoms. The molecule has 0 spiro atoms. The van der Waals surface area contributed by atoms with Gasteiger partial charge < -0.3 is 0 Å². The van der Waals surface area contributed by atoms with Gasteiger partial charge in [0.2, 0.25) is 0 Å². The molecule has 70 valence electrons. The molecule has 0 saturated carbocycles. The fourth-order valence-electron chi connectivity index (χ4n) is 0. The van der Waals surface area contributed by atoms with Gasteiger partial charge in [-0.25, -0.2) is 4.39 Å². The number of rotatable bonds is 0. The Morgan fingerprint density at radius 2 is 1.18 bits per heavy atom. The maximum atomic E-state index is 10.8. The highest BCUT2D eigenvalue weighted by Gasteiger charge is 2.26. The summed E-state index contributed by atoms with van der Waals surface area (Å²) in [4.78, 5) is 0. The number of hydrogen-bond donors (Lipinski definition) is 0. The van der Waals surface area contributed by atoms with Crippen LogP contribution in [0.1, 0.15) is 6.92 Å². The average Bonchev–Trinajstić information content (AvgIpc) is 1.59. The van der Waals surface area contributed by atoms with E-state index in [1.54, 1.807) is 0 Å². The summed E-state index contributed by atoms with van der Waals surface area (Å²) in [6.07, 6.45) is -4.62. The quantitative estimate of drug-likeness (QED) is 0.417. The molecule has 0 radical (unpaired) electrons. The molecule has 0 saturated heterocycles. The van der Waals surface area contributed by atoms with Gasteiger partial charge in [0, 0.05) is 6.92 Å². The molecule has 0 heterocycles. The Hall–Kier alpha value is -0.130. The molecule has 0 rings (SSSR count). The Kier molecular flexibility index (Phi) is 5.74. The van der Waals surface area contributed by atoms with Crippen LogP contribution in [0.25, 0.3) is 0 Å². The van der Waals surface area contributed by atoms with Gasteiger partial charge in [0.25, 0.3) is 0 Å². The van der Waals surface area contributed by atoms with Crippen molar-refractivity contribution in [3.63, 3.8) is 0 Å². The van der Waals surface area contributed by atoms with Crippen LogP contribution in [0.4, 0.5) is 26.3 Å². The van der Waals surface area contributed by atoms with Crippen LogP contribution in [0, 0.1) is 0 Å². The van der Waals surface area contributed by atoms with Crippen molar-refractivity contribution in [3.05, 3.63) is 0 Å². The Morgan fingerprint density at radius 1 is 1.09 bits per heavy atom. The SMILES string of the molecule is CC(F)(F)Cl.FCC(F)(F)F. The Morgan fingerprint density at radius 3 is 1.18 bits per heavy atom. The molecule has 7 heteroatoms. The zero-order valence-electron chi connectivity index (χ0n) is 5.35. The second-order valence-corrected chi connectivity index (χ2v) is 2.19. The van der Waals surface area contributed by atoms with Gasteiger partial charge in [-0.1, -0.05) is 0 Å². The van der Waals surface area contributed by atoms with Crippen LogP contribution in [0.5, 0.6) is 0 Å². The van der Waals surface area contributed by atoms with E-state index in [1.807, 2.05) is 0 Å². The van der Waals surface area contributed by atoms with Crippen molar-refractivity contribution in [3.8, 4) is 0 Å². The number of halogens is 7. The summed E-state index contributed by atoms with van der Waals surface area (Å²) < 4.78 is 63.2. The fraction of sp³-hybridized carbons (Fsp3) is 1.00. The van der Waals surface area contributed by atoms with Crippen LogP contribution in [0.3, 0.4) is 0 Å². The molecule has 0 unspecified atom stereocenters. The summed E-state index contributed by atoms with van der Waals surface area (Å²) in [7, 11) is 0. The van der Waals surface area contributed by atoms with E-state index in [0.29, 0.717) is 6.92 Å². The molecule has 0 nitrogen and oxygen atoms in total. The van der Waals surface area contributed by atoms with Crippen LogP contribution in [0.15, 0.2) is 0 Å². The predicted molar refractivity (Wildman–Crippen MR) is 28.5 cm³/mol. The van der Waals surface area contributed by atoms with Crippen LogP contribution in [0.2, 0.25) is 0 Å². The Balaban J connectivity index is 0. The molecule has 0 atom stereocenters.